The zero-order valence-corrected chi connectivity index (χ0v) is 20.1. The Kier molecular flexibility index (Phi) is 8.05. The van der Waals surface area contributed by atoms with E-state index in [2.05, 4.69) is 21.5 Å². The molecule has 4 N–H and O–H groups in total. The molecule has 0 unspecified atom stereocenters. The van der Waals surface area contributed by atoms with Gasteiger partial charge < -0.3 is 10.6 Å². The van der Waals surface area contributed by atoms with Gasteiger partial charge in [0.05, 0.1) is 6.42 Å². The number of benzene rings is 3. The summed E-state index contributed by atoms with van der Waals surface area (Å²) >= 11 is 5.14. The highest BCUT2D eigenvalue weighted by Gasteiger charge is 2.21. The first-order chi connectivity index (χ1) is 17.0. The van der Waals surface area contributed by atoms with Gasteiger partial charge in [0.25, 0.3) is 5.91 Å². The number of carbonyl (C=O) groups is 3. The molecule has 1 saturated carbocycles. The molecule has 1 aliphatic rings. The van der Waals surface area contributed by atoms with Crippen molar-refractivity contribution in [2.45, 2.75) is 38.5 Å². The van der Waals surface area contributed by atoms with E-state index in [0.29, 0.717) is 11.3 Å². The molecule has 0 spiro atoms. The van der Waals surface area contributed by atoms with E-state index in [0.717, 1.165) is 42.0 Å². The van der Waals surface area contributed by atoms with Gasteiger partial charge in [0, 0.05) is 17.2 Å². The third-order valence-electron chi connectivity index (χ3n) is 6.16. The smallest absolute Gasteiger partial charge is 0.269 e. The molecule has 3 amide bonds. The molecule has 3 aromatic rings. The van der Waals surface area contributed by atoms with E-state index in [1.807, 2.05) is 42.5 Å². The molecule has 35 heavy (non-hydrogen) atoms. The number of amides is 3. The van der Waals surface area contributed by atoms with Gasteiger partial charge in [0.15, 0.2) is 5.11 Å². The van der Waals surface area contributed by atoms with E-state index in [9.17, 15) is 14.4 Å². The van der Waals surface area contributed by atoms with Gasteiger partial charge in [-0.05, 0) is 65.7 Å². The first-order valence-electron chi connectivity index (χ1n) is 11.8. The Morgan fingerprint density at radius 2 is 1.54 bits per heavy atom. The molecule has 0 bridgehead atoms. The molecule has 3 aromatic carbocycles. The topological polar surface area (TPSA) is 99.3 Å². The fourth-order valence-electron chi connectivity index (χ4n) is 4.32. The van der Waals surface area contributed by atoms with Crippen LogP contribution >= 0.6 is 12.2 Å². The molecule has 180 valence electrons. The van der Waals surface area contributed by atoms with E-state index in [-0.39, 0.29) is 29.3 Å². The summed E-state index contributed by atoms with van der Waals surface area (Å²) in [5.74, 6) is -0.604. The maximum atomic E-state index is 12.4. The minimum Gasteiger partial charge on any atom is -0.326 e. The molecule has 0 aromatic heterocycles. The summed E-state index contributed by atoms with van der Waals surface area (Å²) < 4.78 is 0. The number of fused-ring (bicyclic) bond motifs is 1. The molecule has 0 atom stereocenters. The van der Waals surface area contributed by atoms with Gasteiger partial charge in [-0.2, -0.15) is 0 Å². The Hall–Kier alpha value is -3.78. The first-order valence-corrected chi connectivity index (χ1v) is 12.2. The summed E-state index contributed by atoms with van der Waals surface area (Å²) in [5, 5.41) is 7.58. The van der Waals surface area contributed by atoms with Crippen molar-refractivity contribution in [2.24, 2.45) is 5.92 Å². The average molecular weight is 489 g/mol. The van der Waals surface area contributed by atoms with Crippen molar-refractivity contribution in [2.75, 3.05) is 5.32 Å². The Balaban J connectivity index is 1.23. The lowest BCUT2D eigenvalue weighted by Gasteiger charge is -2.20. The van der Waals surface area contributed by atoms with Crippen molar-refractivity contribution >= 4 is 51.5 Å². The third-order valence-corrected chi connectivity index (χ3v) is 6.37. The Morgan fingerprint density at radius 3 is 2.31 bits per heavy atom. The Bertz CT molecular complexity index is 1230. The average Bonchev–Trinajstić information content (AvgIpc) is 2.88. The van der Waals surface area contributed by atoms with Crippen LogP contribution in [0, 0.1) is 5.92 Å². The zero-order valence-electron chi connectivity index (χ0n) is 19.3. The molecule has 1 fully saturated rings. The summed E-state index contributed by atoms with van der Waals surface area (Å²) in [7, 11) is 0. The van der Waals surface area contributed by atoms with E-state index >= 15 is 0 Å². The number of thiocarbonyl (C=S) groups is 1. The van der Waals surface area contributed by atoms with Crippen molar-refractivity contribution in [3.05, 3.63) is 77.9 Å². The van der Waals surface area contributed by atoms with E-state index in [1.165, 1.54) is 6.42 Å². The fraction of sp³-hybridized carbons (Fsp3) is 0.259. The second-order valence-electron chi connectivity index (χ2n) is 8.67. The molecule has 0 radical (unpaired) electrons. The fourth-order valence-corrected chi connectivity index (χ4v) is 4.49. The molecule has 0 saturated heterocycles. The maximum Gasteiger partial charge on any atom is 0.269 e. The normalized spacial score (nSPS) is 13.6. The highest BCUT2D eigenvalue weighted by Crippen LogP contribution is 2.25. The maximum absolute atomic E-state index is 12.4. The van der Waals surface area contributed by atoms with Crippen molar-refractivity contribution in [1.29, 1.82) is 0 Å². The highest BCUT2D eigenvalue weighted by atomic mass is 32.1. The monoisotopic (exact) mass is 488 g/mol. The van der Waals surface area contributed by atoms with Crippen LogP contribution in [0.2, 0.25) is 0 Å². The van der Waals surface area contributed by atoms with Crippen LogP contribution in [0.4, 0.5) is 5.69 Å². The Morgan fingerprint density at radius 1 is 0.829 bits per heavy atom. The largest absolute Gasteiger partial charge is 0.326 e. The number of carbonyl (C=O) groups excluding carboxylic acids is 3. The van der Waals surface area contributed by atoms with Crippen LogP contribution in [-0.2, 0) is 16.0 Å². The second kappa shape index (κ2) is 11.6. The van der Waals surface area contributed by atoms with Gasteiger partial charge in [-0.15, -0.1) is 0 Å². The Labute approximate surface area is 209 Å². The van der Waals surface area contributed by atoms with Gasteiger partial charge in [-0.1, -0.05) is 61.7 Å². The summed E-state index contributed by atoms with van der Waals surface area (Å²) in [6.07, 6.45) is 5.39. The van der Waals surface area contributed by atoms with Gasteiger partial charge in [0.2, 0.25) is 11.8 Å². The quantitative estimate of drug-likeness (QED) is 0.318. The SMILES string of the molecule is O=C(Cc1cccc2ccccc12)NC(=S)NNC(=O)c1ccc(NC(=O)C2CCCCC2)cc1. The highest BCUT2D eigenvalue weighted by molar-refractivity contribution is 7.80. The second-order valence-corrected chi connectivity index (χ2v) is 9.08. The lowest BCUT2D eigenvalue weighted by molar-refractivity contribution is -0.121. The molecule has 0 heterocycles. The van der Waals surface area contributed by atoms with Crippen LogP contribution in [0.25, 0.3) is 10.8 Å². The van der Waals surface area contributed by atoms with Crippen LogP contribution in [0.5, 0.6) is 0 Å². The minimum absolute atomic E-state index is 0.0000443. The van der Waals surface area contributed by atoms with Crippen LogP contribution in [-0.4, -0.2) is 22.8 Å². The van der Waals surface area contributed by atoms with Crippen molar-refractivity contribution in [1.82, 2.24) is 16.2 Å². The van der Waals surface area contributed by atoms with Crippen LogP contribution in [0.15, 0.2) is 66.7 Å². The molecule has 8 heteroatoms. The standard InChI is InChI=1S/C27H28N4O3S/c32-24(17-21-11-6-10-18-7-4-5-12-23(18)21)29-27(35)31-30-26(34)20-13-15-22(16-14-20)28-25(33)19-8-2-1-3-9-19/h4-7,10-16,19H,1-3,8-9,17H2,(H,28,33)(H,30,34)(H2,29,31,32,35). The first kappa shape index (κ1) is 24.3. The zero-order chi connectivity index (χ0) is 24.6. The number of hydrogen-bond donors (Lipinski definition) is 4. The summed E-state index contributed by atoms with van der Waals surface area (Å²) in [4.78, 5) is 37.2. The van der Waals surface area contributed by atoms with Crippen LogP contribution < -0.4 is 21.5 Å². The van der Waals surface area contributed by atoms with Gasteiger partial charge in [-0.25, -0.2) is 0 Å². The predicted molar refractivity (Wildman–Crippen MR) is 141 cm³/mol. The van der Waals surface area contributed by atoms with Crippen molar-refractivity contribution in [3.8, 4) is 0 Å². The molecular formula is C27H28N4O3S. The van der Waals surface area contributed by atoms with Gasteiger partial charge in [0.1, 0.15) is 0 Å². The predicted octanol–water partition coefficient (Wildman–Crippen LogP) is 4.24. The molecule has 4 rings (SSSR count). The van der Waals surface area contributed by atoms with Crippen LogP contribution in [0.3, 0.4) is 0 Å². The molecule has 1 aliphatic carbocycles. The van der Waals surface area contributed by atoms with Gasteiger partial charge >= 0.3 is 0 Å². The summed E-state index contributed by atoms with van der Waals surface area (Å²) in [6, 6.07) is 20.3. The third kappa shape index (κ3) is 6.64. The number of anilines is 1. The lowest BCUT2D eigenvalue weighted by atomic mass is 9.88. The number of rotatable bonds is 5. The summed E-state index contributed by atoms with van der Waals surface area (Å²) in [6.45, 7) is 0. The molecule has 7 nitrogen and oxygen atoms in total. The van der Waals surface area contributed by atoms with Crippen LogP contribution in [0.1, 0.15) is 48.0 Å². The minimum atomic E-state index is -0.416. The number of hydrogen-bond acceptors (Lipinski definition) is 4. The number of hydrazine groups is 1. The lowest BCUT2D eigenvalue weighted by Crippen LogP contribution is -2.48. The number of nitrogens with one attached hydrogen (secondary N) is 4. The van der Waals surface area contributed by atoms with E-state index in [4.69, 9.17) is 12.2 Å². The van der Waals surface area contributed by atoms with Crippen molar-refractivity contribution < 1.29 is 14.4 Å². The van der Waals surface area contributed by atoms with E-state index in [1.54, 1.807) is 24.3 Å². The molecule has 0 aliphatic heterocycles. The van der Waals surface area contributed by atoms with Gasteiger partial charge in [-0.3, -0.25) is 25.2 Å². The summed E-state index contributed by atoms with van der Waals surface area (Å²) in [5.41, 5.74) is 6.96. The molecular weight excluding hydrogens is 460 g/mol. The van der Waals surface area contributed by atoms with Crippen molar-refractivity contribution in [3.63, 3.8) is 0 Å². The van der Waals surface area contributed by atoms with E-state index < -0.39 is 5.91 Å².